The molecule has 0 aromatic carbocycles. The molecule has 6 heteroatoms. The number of nitrogens with one attached hydrogen (secondary N) is 1. The Morgan fingerprint density at radius 3 is 3.00 bits per heavy atom. The van der Waals surface area contributed by atoms with E-state index in [2.05, 4.69) is 35.9 Å². The first-order valence-corrected chi connectivity index (χ1v) is 7.33. The Morgan fingerprint density at radius 2 is 2.42 bits per heavy atom. The van der Waals surface area contributed by atoms with Crippen molar-refractivity contribution in [2.45, 2.75) is 20.3 Å². The predicted molar refractivity (Wildman–Crippen MR) is 81.5 cm³/mol. The van der Waals surface area contributed by atoms with Gasteiger partial charge in [-0.2, -0.15) is 0 Å². The van der Waals surface area contributed by atoms with Crippen LogP contribution in [0.5, 0.6) is 0 Å². The van der Waals surface area contributed by atoms with E-state index in [9.17, 15) is 4.79 Å². The fraction of sp³-hybridized carbons (Fsp3) is 0.462. The molecule has 0 aliphatic carbocycles. The maximum absolute atomic E-state index is 11.9. The Balaban J connectivity index is 2.66. The van der Waals surface area contributed by atoms with Gasteiger partial charge in [-0.3, -0.25) is 9.56 Å². The number of aromatic nitrogens is 2. The summed E-state index contributed by atoms with van der Waals surface area (Å²) in [5.41, 5.74) is 0.721. The molecule has 0 bridgehead atoms. The van der Waals surface area contributed by atoms with Crippen LogP contribution in [-0.2, 0) is 0 Å². The van der Waals surface area contributed by atoms with E-state index in [4.69, 9.17) is 0 Å². The highest BCUT2D eigenvalue weighted by Gasteiger charge is 2.09. The molecule has 0 fully saturated rings. The molecule has 104 valence electrons. The molecule has 0 unspecified atom stereocenters. The maximum atomic E-state index is 11.9. The van der Waals surface area contributed by atoms with Crippen LogP contribution in [0.15, 0.2) is 23.7 Å². The molecule has 0 atom stereocenters. The van der Waals surface area contributed by atoms with Crippen molar-refractivity contribution in [3.63, 3.8) is 0 Å². The molecule has 1 amide bonds. The lowest BCUT2D eigenvalue weighted by atomic mass is 10.1. The highest BCUT2D eigenvalue weighted by atomic mass is 32.2. The highest BCUT2D eigenvalue weighted by Crippen LogP contribution is 2.23. The van der Waals surface area contributed by atoms with Crippen LogP contribution in [0.4, 0.5) is 4.79 Å². The topological polar surface area (TPSA) is 59.3 Å². The molecule has 1 heterocycles. The molecule has 0 spiro atoms. The number of hydrogen-bond acceptors (Lipinski definition) is 4. The van der Waals surface area contributed by atoms with Crippen molar-refractivity contribution in [3.8, 4) is 0 Å². The van der Waals surface area contributed by atoms with Crippen molar-refractivity contribution in [1.82, 2.24) is 14.9 Å². The van der Waals surface area contributed by atoms with E-state index in [1.54, 1.807) is 12.4 Å². The van der Waals surface area contributed by atoms with Gasteiger partial charge in [0.05, 0.1) is 10.6 Å². The normalized spacial score (nSPS) is 11.7. The van der Waals surface area contributed by atoms with Crippen molar-refractivity contribution in [3.05, 3.63) is 24.4 Å². The number of carbonyl (C=O) groups is 1. The lowest BCUT2D eigenvalue weighted by Gasteiger charge is -2.06. The predicted octanol–water partition coefficient (Wildman–Crippen LogP) is 2.85. The van der Waals surface area contributed by atoms with Crippen LogP contribution in [0.1, 0.15) is 26.0 Å². The van der Waals surface area contributed by atoms with Gasteiger partial charge in [0.15, 0.2) is 0 Å². The number of amides is 1. The minimum Gasteiger partial charge on any atom is -0.337 e. The van der Waals surface area contributed by atoms with Gasteiger partial charge in [-0.25, -0.2) is 9.78 Å². The molecule has 1 aromatic rings. The second kappa shape index (κ2) is 7.78. The summed E-state index contributed by atoms with van der Waals surface area (Å²) in [5, 5.41) is 2.85. The first-order valence-electron chi connectivity index (χ1n) is 6.11. The molecule has 1 N–H and O–H groups in total. The average molecular weight is 280 g/mol. The van der Waals surface area contributed by atoms with Crippen LogP contribution < -0.4 is 5.32 Å². The zero-order valence-corrected chi connectivity index (χ0v) is 12.4. The van der Waals surface area contributed by atoms with E-state index >= 15 is 0 Å². The van der Waals surface area contributed by atoms with E-state index in [0.717, 1.165) is 17.0 Å². The molecule has 0 aliphatic rings. The largest absolute Gasteiger partial charge is 0.337 e. The van der Waals surface area contributed by atoms with Crippen molar-refractivity contribution < 1.29 is 4.79 Å². The standard InChI is InChI=1S/C13H20N4OS/c1-10(2)5-6-15-13(18)17-8-11(16-9-17)12(19-4)7-14-3/h7-10H,3,5-6H2,1-2,4H3,(H,15,18)/b12-7-. The van der Waals surface area contributed by atoms with E-state index < -0.39 is 0 Å². The van der Waals surface area contributed by atoms with Gasteiger partial charge in [-0.15, -0.1) is 11.8 Å². The van der Waals surface area contributed by atoms with Crippen molar-refractivity contribution >= 4 is 29.4 Å². The highest BCUT2D eigenvalue weighted by molar-refractivity contribution is 8.07. The number of thioether (sulfide) groups is 1. The summed E-state index contributed by atoms with van der Waals surface area (Å²) in [6.45, 7) is 8.34. The van der Waals surface area contributed by atoms with Crippen LogP contribution in [0.3, 0.4) is 0 Å². The van der Waals surface area contributed by atoms with Crippen molar-refractivity contribution in [2.24, 2.45) is 10.9 Å². The number of nitrogens with zero attached hydrogens (tertiary/aromatic N) is 3. The molecule has 5 nitrogen and oxygen atoms in total. The Bertz CT molecular complexity index is 465. The maximum Gasteiger partial charge on any atom is 0.326 e. The fourth-order valence-corrected chi connectivity index (χ4v) is 1.92. The molecule has 0 aliphatic heterocycles. The van der Waals surface area contributed by atoms with Crippen molar-refractivity contribution in [1.29, 1.82) is 0 Å². The quantitative estimate of drug-likeness (QED) is 0.815. The Hall–Kier alpha value is -1.56. The molecule has 1 rings (SSSR count). The fourth-order valence-electron chi connectivity index (χ4n) is 1.43. The summed E-state index contributed by atoms with van der Waals surface area (Å²) in [6.07, 6.45) is 7.72. The first-order chi connectivity index (χ1) is 9.08. The minimum absolute atomic E-state index is 0.161. The van der Waals surface area contributed by atoms with Crippen LogP contribution in [-0.4, -0.2) is 35.1 Å². The summed E-state index contributed by atoms with van der Waals surface area (Å²) in [6, 6.07) is -0.161. The lowest BCUT2D eigenvalue weighted by molar-refractivity contribution is 0.241. The number of aliphatic imine (C=N–C) groups is 1. The van der Waals surface area contributed by atoms with E-state index in [1.807, 2.05) is 6.26 Å². The Labute approximate surface area is 118 Å². The zero-order chi connectivity index (χ0) is 14.3. The van der Waals surface area contributed by atoms with Gasteiger partial charge < -0.3 is 5.32 Å². The summed E-state index contributed by atoms with van der Waals surface area (Å²) >= 11 is 1.51. The molecular formula is C13H20N4OS. The van der Waals surface area contributed by atoms with E-state index in [1.165, 1.54) is 22.7 Å². The monoisotopic (exact) mass is 280 g/mol. The summed E-state index contributed by atoms with van der Waals surface area (Å²) in [4.78, 5) is 20.7. The average Bonchev–Trinajstić information content (AvgIpc) is 2.84. The third-order valence-corrected chi connectivity index (χ3v) is 3.25. The summed E-state index contributed by atoms with van der Waals surface area (Å²) in [7, 11) is 0. The van der Waals surface area contributed by atoms with Gasteiger partial charge in [0, 0.05) is 18.9 Å². The Morgan fingerprint density at radius 1 is 1.68 bits per heavy atom. The van der Waals surface area contributed by atoms with Crippen LogP contribution in [0.2, 0.25) is 0 Å². The molecule has 0 radical (unpaired) electrons. The zero-order valence-electron chi connectivity index (χ0n) is 11.6. The lowest BCUT2D eigenvalue weighted by Crippen LogP contribution is -2.29. The third-order valence-electron chi connectivity index (χ3n) is 2.50. The van der Waals surface area contributed by atoms with Gasteiger partial charge in [-0.05, 0) is 25.3 Å². The van der Waals surface area contributed by atoms with E-state index in [0.29, 0.717) is 12.5 Å². The van der Waals surface area contributed by atoms with Gasteiger partial charge in [-0.1, -0.05) is 13.8 Å². The first kappa shape index (κ1) is 15.5. The smallest absolute Gasteiger partial charge is 0.326 e. The number of imidazole rings is 1. The number of carbonyl (C=O) groups excluding carboxylic acids is 1. The molecule has 19 heavy (non-hydrogen) atoms. The summed E-state index contributed by atoms with van der Waals surface area (Å²) < 4.78 is 1.45. The van der Waals surface area contributed by atoms with Gasteiger partial charge in [0.1, 0.15) is 6.33 Å². The van der Waals surface area contributed by atoms with Gasteiger partial charge in [0.25, 0.3) is 0 Å². The van der Waals surface area contributed by atoms with Crippen molar-refractivity contribution in [2.75, 3.05) is 12.8 Å². The van der Waals surface area contributed by atoms with Gasteiger partial charge in [0.2, 0.25) is 0 Å². The van der Waals surface area contributed by atoms with Crippen LogP contribution >= 0.6 is 11.8 Å². The molecule has 0 saturated carbocycles. The SMILES string of the molecule is C=N/C=C(\SC)c1cn(C(=O)NCCC(C)C)cn1. The molecule has 1 aromatic heterocycles. The Kier molecular flexibility index (Phi) is 6.35. The van der Waals surface area contributed by atoms with Crippen LogP contribution in [0.25, 0.3) is 4.91 Å². The second-order valence-electron chi connectivity index (χ2n) is 4.46. The minimum atomic E-state index is -0.161. The second-order valence-corrected chi connectivity index (χ2v) is 5.31. The third kappa shape index (κ3) is 4.90. The van der Waals surface area contributed by atoms with Gasteiger partial charge >= 0.3 is 6.03 Å². The number of hydrogen-bond donors (Lipinski definition) is 1. The summed E-state index contributed by atoms with van der Waals surface area (Å²) in [5.74, 6) is 0.573. The van der Waals surface area contributed by atoms with E-state index in [-0.39, 0.29) is 6.03 Å². The molecule has 0 saturated heterocycles. The number of rotatable bonds is 6. The van der Waals surface area contributed by atoms with Crippen LogP contribution in [0, 0.1) is 5.92 Å². The molecular weight excluding hydrogens is 260 g/mol.